The fraction of sp³-hybridized carbons (Fsp3) is 0.188. The van der Waals surface area contributed by atoms with Gasteiger partial charge < -0.3 is 10.1 Å². The second kappa shape index (κ2) is 6.71. The molecule has 2 aromatic carbocycles. The number of nitrogens with one attached hydrogen (secondary N) is 1. The van der Waals surface area contributed by atoms with Crippen molar-refractivity contribution in [1.29, 1.82) is 0 Å². The Morgan fingerprint density at radius 1 is 1.23 bits per heavy atom. The summed E-state index contributed by atoms with van der Waals surface area (Å²) in [6.07, 6.45) is 0. The number of aryl methyl sites for hydroxylation is 2. The highest BCUT2D eigenvalue weighted by Crippen LogP contribution is 2.19. The van der Waals surface area contributed by atoms with Crippen LogP contribution in [0.4, 0.5) is 11.4 Å². The van der Waals surface area contributed by atoms with E-state index in [9.17, 15) is 14.9 Å². The van der Waals surface area contributed by atoms with Gasteiger partial charge in [0.1, 0.15) is 5.75 Å². The number of nitro benzene ring substituents is 1. The van der Waals surface area contributed by atoms with Crippen molar-refractivity contribution in [2.75, 3.05) is 11.9 Å². The smallest absolute Gasteiger partial charge is 0.271 e. The summed E-state index contributed by atoms with van der Waals surface area (Å²) in [4.78, 5) is 22.0. The largest absolute Gasteiger partial charge is 0.483 e. The minimum Gasteiger partial charge on any atom is -0.483 e. The Hall–Kier alpha value is -2.89. The summed E-state index contributed by atoms with van der Waals surface area (Å²) in [5.41, 5.74) is 2.35. The monoisotopic (exact) mass is 300 g/mol. The van der Waals surface area contributed by atoms with Gasteiger partial charge in [0, 0.05) is 17.8 Å². The molecule has 0 aliphatic heterocycles. The van der Waals surface area contributed by atoms with Gasteiger partial charge in [0.25, 0.3) is 11.6 Å². The molecule has 2 rings (SSSR count). The zero-order valence-electron chi connectivity index (χ0n) is 12.3. The van der Waals surface area contributed by atoms with E-state index in [-0.39, 0.29) is 18.2 Å². The van der Waals surface area contributed by atoms with Crippen LogP contribution in [0.5, 0.6) is 5.75 Å². The number of nitrogens with zero attached hydrogens (tertiary/aromatic N) is 1. The van der Waals surface area contributed by atoms with Gasteiger partial charge in [0.2, 0.25) is 0 Å². The summed E-state index contributed by atoms with van der Waals surface area (Å²) in [6, 6.07) is 11.4. The number of amides is 1. The maximum absolute atomic E-state index is 11.8. The van der Waals surface area contributed by atoms with Gasteiger partial charge in [-0.25, -0.2) is 0 Å². The Morgan fingerprint density at radius 2 is 2.00 bits per heavy atom. The van der Waals surface area contributed by atoms with Gasteiger partial charge >= 0.3 is 0 Å². The molecule has 0 atom stereocenters. The first-order valence-corrected chi connectivity index (χ1v) is 6.70. The van der Waals surface area contributed by atoms with Crippen molar-refractivity contribution in [2.24, 2.45) is 0 Å². The number of carbonyl (C=O) groups is 1. The molecule has 1 N–H and O–H groups in total. The number of anilines is 1. The van der Waals surface area contributed by atoms with E-state index in [0.29, 0.717) is 11.4 Å². The van der Waals surface area contributed by atoms with E-state index >= 15 is 0 Å². The molecule has 0 fully saturated rings. The van der Waals surface area contributed by atoms with E-state index < -0.39 is 4.92 Å². The lowest BCUT2D eigenvalue weighted by Crippen LogP contribution is -2.20. The lowest BCUT2D eigenvalue weighted by molar-refractivity contribution is -0.384. The number of hydrogen-bond donors (Lipinski definition) is 1. The van der Waals surface area contributed by atoms with Crippen LogP contribution in [0, 0.1) is 24.0 Å². The summed E-state index contributed by atoms with van der Waals surface area (Å²) in [5, 5.41) is 13.3. The van der Waals surface area contributed by atoms with Crippen molar-refractivity contribution < 1.29 is 14.5 Å². The van der Waals surface area contributed by atoms with E-state index in [0.717, 1.165) is 11.1 Å². The van der Waals surface area contributed by atoms with Crippen LogP contribution in [0.25, 0.3) is 0 Å². The third kappa shape index (κ3) is 4.05. The number of nitro groups is 1. The number of carbonyl (C=O) groups excluding carboxylic acids is 1. The van der Waals surface area contributed by atoms with E-state index in [1.54, 1.807) is 6.07 Å². The molecular weight excluding hydrogens is 284 g/mol. The molecule has 0 aromatic heterocycles. The molecule has 0 aliphatic carbocycles. The molecule has 0 bridgehead atoms. The zero-order valence-corrected chi connectivity index (χ0v) is 12.3. The van der Waals surface area contributed by atoms with Gasteiger partial charge in [-0.15, -0.1) is 0 Å². The summed E-state index contributed by atoms with van der Waals surface area (Å²) in [5.74, 6) is 0.264. The molecule has 2 aromatic rings. The molecule has 6 heteroatoms. The maximum Gasteiger partial charge on any atom is 0.271 e. The highest BCUT2D eigenvalue weighted by atomic mass is 16.6. The van der Waals surface area contributed by atoms with Crippen molar-refractivity contribution in [3.63, 3.8) is 0 Å². The first-order chi connectivity index (χ1) is 10.5. The lowest BCUT2D eigenvalue weighted by atomic mass is 10.1. The third-order valence-corrected chi connectivity index (χ3v) is 3.03. The zero-order chi connectivity index (χ0) is 16.1. The molecule has 0 saturated carbocycles. The average molecular weight is 300 g/mol. The van der Waals surface area contributed by atoms with E-state index in [1.165, 1.54) is 18.2 Å². The van der Waals surface area contributed by atoms with Crippen LogP contribution in [-0.4, -0.2) is 17.4 Å². The summed E-state index contributed by atoms with van der Waals surface area (Å²) >= 11 is 0. The van der Waals surface area contributed by atoms with E-state index in [4.69, 9.17) is 4.74 Å². The number of benzene rings is 2. The van der Waals surface area contributed by atoms with Crippen molar-refractivity contribution in [1.82, 2.24) is 0 Å². The molecule has 22 heavy (non-hydrogen) atoms. The van der Waals surface area contributed by atoms with Gasteiger partial charge in [0.05, 0.1) is 4.92 Å². The Balaban J connectivity index is 1.95. The van der Waals surface area contributed by atoms with Gasteiger partial charge in [-0.05, 0) is 31.5 Å². The molecule has 0 saturated heterocycles. The van der Waals surface area contributed by atoms with E-state index in [2.05, 4.69) is 5.32 Å². The van der Waals surface area contributed by atoms with Crippen LogP contribution in [0.3, 0.4) is 0 Å². The average Bonchev–Trinajstić information content (AvgIpc) is 2.46. The molecule has 0 radical (unpaired) electrons. The lowest BCUT2D eigenvalue weighted by Gasteiger charge is -2.10. The van der Waals surface area contributed by atoms with Crippen LogP contribution in [0.2, 0.25) is 0 Å². The quantitative estimate of drug-likeness (QED) is 0.679. The predicted molar refractivity (Wildman–Crippen MR) is 83.1 cm³/mol. The second-order valence-electron chi connectivity index (χ2n) is 4.91. The molecule has 1 amide bonds. The van der Waals surface area contributed by atoms with Crippen LogP contribution in [0.15, 0.2) is 42.5 Å². The topological polar surface area (TPSA) is 81.5 Å². The van der Waals surface area contributed by atoms with Crippen molar-refractivity contribution in [3.8, 4) is 5.75 Å². The molecule has 0 heterocycles. The minimum absolute atomic E-state index is 0.0758. The third-order valence-electron chi connectivity index (χ3n) is 3.03. The number of non-ortho nitro benzene ring substituents is 1. The van der Waals surface area contributed by atoms with Gasteiger partial charge in [-0.2, -0.15) is 0 Å². The Labute approximate surface area is 127 Å². The van der Waals surface area contributed by atoms with Crippen molar-refractivity contribution >= 4 is 17.3 Å². The van der Waals surface area contributed by atoms with Crippen molar-refractivity contribution in [2.45, 2.75) is 13.8 Å². The van der Waals surface area contributed by atoms with Gasteiger partial charge in [0.15, 0.2) is 6.61 Å². The summed E-state index contributed by atoms with van der Waals surface area (Å²) in [6.45, 7) is 3.72. The Kier molecular flexibility index (Phi) is 4.73. The summed E-state index contributed by atoms with van der Waals surface area (Å²) in [7, 11) is 0. The molecule has 0 spiro atoms. The molecule has 114 valence electrons. The number of hydrogen-bond acceptors (Lipinski definition) is 4. The predicted octanol–water partition coefficient (Wildman–Crippen LogP) is 3.23. The van der Waals surface area contributed by atoms with Crippen LogP contribution in [0.1, 0.15) is 11.1 Å². The SMILES string of the molecule is Cc1ccc(OCC(=O)Nc2cccc([N+](=O)[O-])c2)c(C)c1. The Morgan fingerprint density at radius 3 is 2.68 bits per heavy atom. The fourth-order valence-electron chi connectivity index (χ4n) is 2.00. The highest BCUT2D eigenvalue weighted by Gasteiger charge is 2.09. The standard InChI is InChI=1S/C16H16N2O4/c1-11-6-7-15(12(2)8-11)22-10-16(19)17-13-4-3-5-14(9-13)18(20)21/h3-9H,10H2,1-2H3,(H,17,19). The highest BCUT2D eigenvalue weighted by molar-refractivity contribution is 5.92. The van der Waals surface area contributed by atoms with Gasteiger partial charge in [-0.1, -0.05) is 23.8 Å². The van der Waals surface area contributed by atoms with Crippen LogP contribution >= 0.6 is 0 Å². The van der Waals surface area contributed by atoms with Crippen LogP contribution < -0.4 is 10.1 Å². The first kappa shape index (κ1) is 15.5. The van der Waals surface area contributed by atoms with E-state index in [1.807, 2.05) is 32.0 Å². The normalized spacial score (nSPS) is 10.1. The maximum atomic E-state index is 11.8. The number of ether oxygens (including phenoxy) is 1. The number of rotatable bonds is 5. The molecule has 0 unspecified atom stereocenters. The first-order valence-electron chi connectivity index (χ1n) is 6.70. The van der Waals surface area contributed by atoms with Crippen LogP contribution in [-0.2, 0) is 4.79 Å². The molecule has 0 aliphatic rings. The fourth-order valence-corrected chi connectivity index (χ4v) is 2.00. The molecular formula is C16H16N2O4. The van der Waals surface area contributed by atoms with Gasteiger partial charge in [-0.3, -0.25) is 14.9 Å². The minimum atomic E-state index is -0.512. The summed E-state index contributed by atoms with van der Waals surface area (Å²) < 4.78 is 5.46. The Bertz CT molecular complexity index is 713. The molecule has 6 nitrogen and oxygen atoms in total. The van der Waals surface area contributed by atoms with Crippen molar-refractivity contribution in [3.05, 3.63) is 63.7 Å². The second-order valence-corrected chi connectivity index (χ2v) is 4.91.